The Morgan fingerprint density at radius 2 is 2.00 bits per heavy atom. The molecule has 0 spiro atoms. The van der Waals surface area contributed by atoms with Crippen LogP contribution in [0.25, 0.3) is 0 Å². The molecule has 1 saturated heterocycles. The van der Waals surface area contributed by atoms with Gasteiger partial charge in [-0.2, -0.15) is 0 Å². The summed E-state index contributed by atoms with van der Waals surface area (Å²) in [5.41, 5.74) is 2.41. The second-order valence-electron chi connectivity index (χ2n) is 6.12. The molecule has 1 N–H and O–H groups in total. The third-order valence-corrected chi connectivity index (χ3v) is 4.63. The van der Waals surface area contributed by atoms with E-state index >= 15 is 0 Å². The molecule has 2 rings (SSSR count). The van der Waals surface area contributed by atoms with Gasteiger partial charge in [-0.15, -0.1) is 0 Å². The lowest BCUT2D eigenvalue weighted by Crippen LogP contribution is -2.48. The summed E-state index contributed by atoms with van der Waals surface area (Å²) in [4.78, 5) is 25.8. The van der Waals surface area contributed by atoms with E-state index in [0.717, 1.165) is 12.0 Å². The minimum atomic E-state index is -0.172. The second kappa shape index (κ2) is 7.99. The normalized spacial score (nSPS) is 20.9. The molecule has 0 aliphatic carbocycles. The van der Waals surface area contributed by atoms with Gasteiger partial charge in [-0.3, -0.25) is 4.79 Å². The van der Waals surface area contributed by atoms with Gasteiger partial charge in [-0.25, -0.2) is 4.79 Å². The molecule has 0 unspecified atom stereocenters. The Morgan fingerprint density at radius 3 is 2.61 bits per heavy atom. The van der Waals surface area contributed by atoms with Gasteiger partial charge in [-0.05, 0) is 29.9 Å². The van der Waals surface area contributed by atoms with Crippen molar-refractivity contribution in [2.75, 3.05) is 20.2 Å². The number of aryl methyl sites for hydroxylation is 1. The summed E-state index contributed by atoms with van der Waals surface area (Å²) >= 11 is 0. The van der Waals surface area contributed by atoms with Crippen LogP contribution >= 0.6 is 0 Å². The molecule has 0 aromatic heterocycles. The molecule has 1 aliphatic rings. The molecule has 126 valence electrons. The van der Waals surface area contributed by atoms with Crippen molar-refractivity contribution in [2.45, 2.75) is 33.2 Å². The monoisotopic (exact) mass is 318 g/mol. The first-order chi connectivity index (χ1) is 11.1. The number of benzene rings is 1. The van der Waals surface area contributed by atoms with Crippen molar-refractivity contribution in [1.82, 2.24) is 10.2 Å². The topological polar surface area (TPSA) is 58.6 Å². The van der Waals surface area contributed by atoms with Gasteiger partial charge in [0, 0.05) is 19.6 Å². The first-order valence-corrected chi connectivity index (χ1v) is 8.24. The van der Waals surface area contributed by atoms with Gasteiger partial charge < -0.3 is 15.0 Å². The highest BCUT2D eigenvalue weighted by Gasteiger charge is 2.33. The summed E-state index contributed by atoms with van der Waals surface area (Å²) in [6, 6.07) is 8.08. The average molecular weight is 318 g/mol. The van der Waals surface area contributed by atoms with E-state index in [9.17, 15) is 9.59 Å². The number of urea groups is 1. The lowest BCUT2D eigenvalue weighted by molar-refractivity contribution is -0.148. The van der Waals surface area contributed by atoms with Crippen molar-refractivity contribution >= 4 is 12.0 Å². The van der Waals surface area contributed by atoms with Gasteiger partial charge >= 0.3 is 12.0 Å². The highest BCUT2D eigenvalue weighted by atomic mass is 16.5. The Labute approximate surface area is 138 Å². The molecule has 1 aromatic rings. The molecule has 1 fully saturated rings. The zero-order valence-corrected chi connectivity index (χ0v) is 14.2. The Morgan fingerprint density at radius 1 is 1.30 bits per heavy atom. The van der Waals surface area contributed by atoms with E-state index in [2.05, 4.69) is 18.3 Å². The van der Waals surface area contributed by atoms with Crippen molar-refractivity contribution in [3.8, 4) is 0 Å². The van der Waals surface area contributed by atoms with E-state index in [1.54, 1.807) is 4.90 Å². The van der Waals surface area contributed by atoms with Crippen molar-refractivity contribution in [3.05, 3.63) is 35.4 Å². The van der Waals surface area contributed by atoms with Crippen molar-refractivity contribution in [1.29, 1.82) is 0 Å². The van der Waals surface area contributed by atoms with Gasteiger partial charge in [0.15, 0.2) is 0 Å². The van der Waals surface area contributed by atoms with E-state index in [-0.39, 0.29) is 23.8 Å². The number of hydrogen-bond acceptors (Lipinski definition) is 3. The molecule has 0 saturated carbocycles. The first kappa shape index (κ1) is 17.3. The van der Waals surface area contributed by atoms with Gasteiger partial charge in [0.2, 0.25) is 0 Å². The number of hydrogen-bond donors (Lipinski definition) is 1. The smallest absolute Gasteiger partial charge is 0.317 e. The first-order valence-electron chi connectivity index (χ1n) is 8.24. The zero-order chi connectivity index (χ0) is 16.8. The van der Waals surface area contributed by atoms with Crippen LogP contribution in [-0.4, -0.2) is 37.1 Å². The summed E-state index contributed by atoms with van der Waals surface area (Å²) < 4.78 is 4.83. The summed E-state index contributed by atoms with van der Waals surface area (Å²) in [6.07, 6.45) is 1.61. The maximum atomic E-state index is 12.4. The number of methoxy groups -OCH3 is 1. The summed E-state index contributed by atoms with van der Waals surface area (Å²) in [6.45, 7) is 5.81. The molecule has 5 heteroatoms. The number of nitrogens with one attached hydrogen (secondary N) is 1. The van der Waals surface area contributed by atoms with Crippen LogP contribution in [0.5, 0.6) is 0 Å². The van der Waals surface area contributed by atoms with Crippen LogP contribution in [0.15, 0.2) is 24.3 Å². The molecule has 1 heterocycles. The number of ether oxygens (including phenoxy) is 1. The molecule has 1 aliphatic heterocycles. The maximum Gasteiger partial charge on any atom is 0.317 e. The van der Waals surface area contributed by atoms with Gasteiger partial charge in [-0.1, -0.05) is 38.1 Å². The molecule has 1 aromatic carbocycles. The number of piperidine rings is 1. The van der Waals surface area contributed by atoms with Gasteiger partial charge in [0.25, 0.3) is 0 Å². The average Bonchev–Trinajstić information content (AvgIpc) is 2.59. The number of nitrogens with zero attached hydrogens (tertiary/aromatic N) is 1. The van der Waals surface area contributed by atoms with Crippen molar-refractivity contribution in [3.63, 3.8) is 0 Å². The molecule has 23 heavy (non-hydrogen) atoms. The highest BCUT2D eigenvalue weighted by Crippen LogP contribution is 2.24. The minimum absolute atomic E-state index is 0.0638. The molecule has 0 radical (unpaired) electrons. The Hall–Kier alpha value is -2.04. The third-order valence-electron chi connectivity index (χ3n) is 4.63. The van der Waals surface area contributed by atoms with E-state index in [1.165, 1.54) is 12.7 Å². The summed E-state index contributed by atoms with van der Waals surface area (Å²) in [5, 5.41) is 2.99. The Kier molecular flexibility index (Phi) is 6.02. The number of rotatable bonds is 4. The van der Waals surface area contributed by atoms with Gasteiger partial charge in [0.1, 0.15) is 0 Å². The van der Waals surface area contributed by atoms with Crippen LogP contribution in [-0.2, 0) is 22.5 Å². The number of likely N-dealkylation sites (tertiary alicyclic amines) is 1. The number of amides is 2. The molecule has 5 nitrogen and oxygen atoms in total. The van der Waals surface area contributed by atoms with Crippen LogP contribution in [0.3, 0.4) is 0 Å². The Balaban J connectivity index is 1.89. The van der Waals surface area contributed by atoms with E-state index in [4.69, 9.17) is 4.74 Å². The van der Waals surface area contributed by atoms with Crippen LogP contribution in [0.2, 0.25) is 0 Å². The molecular formula is C18H26N2O3. The Bertz CT molecular complexity index is 559. The predicted octanol–water partition coefficient (Wildman–Crippen LogP) is 2.59. The fraction of sp³-hybridized carbons (Fsp3) is 0.556. The highest BCUT2D eigenvalue weighted by molar-refractivity contribution is 5.76. The maximum absolute atomic E-state index is 12.4. The fourth-order valence-electron chi connectivity index (χ4n) is 3.19. The lowest BCUT2D eigenvalue weighted by atomic mass is 9.87. The number of esters is 1. The van der Waals surface area contributed by atoms with Crippen LogP contribution in [0, 0.1) is 11.8 Å². The largest absolute Gasteiger partial charge is 0.469 e. The third kappa shape index (κ3) is 4.24. The quantitative estimate of drug-likeness (QED) is 0.868. The zero-order valence-electron chi connectivity index (χ0n) is 14.2. The van der Waals surface area contributed by atoms with E-state index in [1.807, 2.05) is 25.1 Å². The van der Waals surface area contributed by atoms with E-state index < -0.39 is 0 Å². The van der Waals surface area contributed by atoms with Crippen molar-refractivity contribution in [2.24, 2.45) is 11.8 Å². The standard InChI is InChI=1S/C18H26N2O3/c1-4-14-7-5-6-8-15(14)11-19-18(22)20-10-9-16(13(2)12-20)17(21)23-3/h5-8,13,16H,4,9-12H2,1-3H3,(H,19,22)/t13-,16-/m1/s1. The molecular weight excluding hydrogens is 292 g/mol. The fourth-order valence-corrected chi connectivity index (χ4v) is 3.19. The summed E-state index contributed by atoms with van der Waals surface area (Å²) in [7, 11) is 1.42. The lowest BCUT2D eigenvalue weighted by Gasteiger charge is -2.35. The predicted molar refractivity (Wildman–Crippen MR) is 88.9 cm³/mol. The second-order valence-corrected chi connectivity index (χ2v) is 6.12. The van der Waals surface area contributed by atoms with Gasteiger partial charge in [0.05, 0.1) is 13.0 Å². The van der Waals surface area contributed by atoms with Crippen LogP contribution in [0.4, 0.5) is 4.79 Å². The molecule has 2 atom stereocenters. The minimum Gasteiger partial charge on any atom is -0.469 e. The van der Waals surface area contributed by atoms with E-state index in [0.29, 0.717) is 26.1 Å². The molecule has 2 amide bonds. The number of carbonyl (C=O) groups is 2. The molecule has 0 bridgehead atoms. The van der Waals surface area contributed by atoms with Crippen LogP contribution in [0.1, 0.15) is 31.4 Å². The van der Waals surface area contributed by atoms with Crippen LogP contribution < -0.4 is 5.32 Å². The number of carbonyl (C=O) groups excluding carboxylic acids is 2. The van der Waals surface area contributed by atoms with Crippen molar-refractivity contribution < 1.29 is 14.3 Å². The summed E-state index contributed by atoms with van der Waals surface area (Å²) in [5.74, 6) is -0.163. The SMILES string of the molecule is CCc1ccccc1CNC(=O)N1CC[C@@H](C(=O)OC)[C@H](C)C1.